The van der Waals surface area contributed by atoms with Crippen molar-refractivity contribution in [2.75, 3.05) is 24.3 Å². The van der Waals surface area contributed by atoms with Gasteiger partial charge >= 0.3 is 0 Å². The third kappa shape index (κ3) is 4.65. The molecule has 0 saturated heterocycles. The monoisotopic (exact) mass is 456 g/mol. The maximum absolute atomic E-state index is 13.1. The lowest BCUT2D eigenvalue weighted by Gasteiger charge is -2.29. The SMILES string of the molecule is CCOc1ccccc1-c1nc(CC(=O)N2CCCc3cc(S(C)(=O)=O)ccc32)cs1. The van der Waals surface area contributed by atoms with E-state index in [0.29, 0.717) is 13.2 Å². The first kappa shape index (κ1) is 21.5. The van der Waals surface area contributed by atoms with Gasteiger partial charge in [-0.25, -0.2) is 13.4 Å². The summed E-state index contributed by atoms with van der Waals surface area (Å²) >= 11 is 1.49. The summed E-state index contributed by atoms with van der Waals surface area (Å²) in [6.45, 7) is 3.13. The Labute approximate surface area is 186 Å². The Balaban J connectivity index is 1.54. The zero-order valence-electron chi connectivity index (χ0n) is 17.5. The van der Waals surface area contributed by atoms with Crippen LogP contribution in [0.4, 0.5) is 5.69 Å². The van der Waals surface area contributed by atoms with Crippen molar-refractivity contribution in [2.24, 2.45) is 0 Å². The molecular weight excluding hydrogens is 432 g/mol. The number of ether oxygens (including phenoxy) is 1. The second-order valence-electron chi connectivity index (χ2n) is 7.46. The van der Waals surface area contributed by atoms with Gasteiger partial charge in [0.05, 0.1) is 29.2 Å². The zero-order valence-corrected chi connectivity index (χ0v) is 19.1. The molecule has 0 spiro atoms. The molecule has 0 bridgehead atoms. The molecule has 0 atom stereocenters. The number of para-hydroxylation sites is 1. The van der Waals surface area contributed by atoms with Gasteiger partial charge in [-0.05, 0) is 55.7 Å². The summed E-state index contributed by atoms with van der Waals surface area (Å²) in [5.41, 5.74) is 3.33. The zero-order chi connectivity index (χ0) is 22.0. The van der Waals surface area contributed by atoms with E-state index in [2.05, 4.69) is 4.98 Å². The van der Waals surface area contributed by atoms with Gasteiger partial charge in [-0.15, -0.1) is 11.3 Å². The molecule has 2 heterocycles. The Hall–Kier alpha value is -2.71. The van der Waals surface area contributed by atoms with Gasteiger partial charge in [0.2, 0.25) is 5.91 Å². The lowest BCUT2D eigenvalue weighted by atomic mass is 10.0. The molecule has 0 radical (unpaired) electrons. The first-order chi connectivity index (χ1) is 14.9. The summed E-state index contributed by atoms with van der Waals surface area (Å²) in [5, 5.41) is 2.73. The van der Waals surface area contributed by atoms with Crippen LogP contribution >= 0.6 is 11.3 Å². The summed E-state index contributed by atoms with van der Waals surface area (Å²) < 4.78 is 29.4. The van der Waals surface area contributed by atoms with Gasteiger partial charge in [0.25, 0.3) is 0 Å². The number of carbonyl (C=O) groups excluding carboxylic acids is 1. The summed E-state index contributed by atoms with van der Waals surface area (Å²) in [4.78, 5) is 19.8. The average molecular weight is 457 g/mol. The molecule has 3 aromatic rings. The predicted molar refractivity (Wildman–Crippen MR) is 123 cm³/mol. The third-order valence-electron chi connectivity index (χ3n) is 5.20. The van der Waals surface area contributed by atoms with Gasteiger partial charge in [-0.2, -0.15) is 0 Å². The molecular formula is C23H24N2O4S2. The Morgan fingerprint density at radius 1 is 1.23 bits per heavy atom. The number of benzene rings is 2. The van der Waals surface area contributed by atoms with E-state index in [1.54, 1.807) is 23.1 Å². The van der Waals surface area contributed by atoms with Crippen molar-refractivity contribution in [3.8, 4) is 16.3 Å². The van der Waals surface area contributed by atoms with Crippen molar-refractivity contribution in [3.05, 3.63) is 59.1 Å². The van der Waals surface area contributed by atoms with Crippen molar-refractivity contribution in [1.29, 1.82) is 0 Å². The minimum atomic E-state index is -3.28. The highest BCUT2D eigenvalue weighted by atomic mass is 32.2. The number of aryl methyl sites for hydroxylation is 1. The lowest BCUT2D eigenvalue weighted by molar-refractivity contribution is -0.118. The van der Waals surface area contributed by atoms with Crippen LogP contribution in [0.15, 0.2) is 52.7 Å². The largest absolute Gasteiger partial charge is 0.493 e. The molecule has 1 aromatic heterocycles. The fraction of sp³-hybridized carbons (Fsp3) is 0.304. The molecule has 1 aliphatic rings. The van der Waals surface area contributed by atoms with Crippen LogP contribution in [0.2, 0.25) is 0 Å². The van der Waals surface area contributed by atoms with Crippen molar-refractivity contribution >= 4 is 32.8 Å². The molecule has 162 valence electrons. The normalized spacial score (nSPS) is 13.7. The average Bonchev–Trinajstić information content (AvgIpc) is 3.21. The first-order valence-electron chi connectivity index (χ1n) is 10.2. The van der Waals surface area contributed by atoms with E-state index in [0.717, 1.165) is 46.1 Å². The minimum Gasteiger partial charge on any atom is -0.493 e. The molecule has 0 fully saturated rings. The summed E-state index contributed by atoms with van der Waals surface area (Å²) in [6, 6.07) is 12.8. The van der Waals surface area contributed by atoms with Gasteiger partial charge in [-0.1, -0.05) is 12.1 Å². The number of rotatable bonds is 6. The van der Waals surface area contributed by atoms with Crippen LogP contribution in [-0.2, 0) is 27.5 Å². The smallest absolute Gasteiger partial charge is 0.233 e. The van der Waals surface area contributed by atoms with Crippen LogP contribution in [0.5, 0.6) is 5.75 Å². The standard InChI is InChI=1S/C23H24N2O4S2/c1-3-29-21-9-5-4-8-19(21)23-24-17(15-30-23)14-22(26)25-12-6-7-16-13-18(31(2,27)28)10-11-20(16)25/h4-5,8-11,13,15H,3,6-7,12,14H2,1-2H3. The van der Waals surface area contributed by atoms with Crippen LogP contribution in [0.25, 0.3) is 10.6 Å². The van der Waals surface area contributed by atoms with Crippen LogP contribution in [0, 0.1) is 0 Å². The third-order valence-corrected chi connectivity index (χ3v) is 7.23. The topological polar surface area (TPSA) is 76.6 Å². The van der Waals surface area contributed by atoms with Crippen molar-refractivity contribution in [3.63, 3.8) is 0 Å². The number of carbonyl (C=O) groups is 1. The van der Waals surface area contributed by atoms with Crippen molar-refractivity contribution < 1.29 is 17.9 Å². The minimum absolute atomic E-state index is 0.0389. The fourth-order valence-corrected chi connectivity index (χ4v) is 5.27. The van der Waals surface area contributed by atoms with Crippen LogP contribution in [-0.4, -0.2) is 38.7 Å². The van der Waals surface area contributed by atoms with E-state index in [1.165, 1.54) is 17.6 Å². The number of fused-ring (bicyclic) bond motifs is 1. The molecule has 0 unspecified atom stereocenters. The number of hydrogen-bond acceptors (Lipinski definition) is 6. The number of hydrogen-bond donors (Lipinski definition) is 0. The summed E-state index contributed by atoms with van der Waals surface area (Å²) in [7, 11) is -3.28. The Bertz CT molecular complexity index is 1220. The van der Waals surface area contributed by atoms with E-state index in [-0.39, 0.29) is 17.2 Å². The Morgan fingerprint density at radius 2 is 2.03 bits per heavy atom. The molecule has 0 saturated carbocycles. The number of aromatic nitrogens is 1. The van der Waals surface area contributed by atoms with Crippen molar-refractivity contribution in [2.45, 2.75) is 31.1 Å². The van der Waals surface area contributed by atoms with E-state index in [1.807, 2.05) is 36.6 Å². The molecule has 31 heavy (non-hydrogen) atoms. The maximum Gasteiger partial charge on any atom is 0.233 e. The van der Waals surface area contributed by atoms with Crippen LogP contribution < -0.4 is 9.64 Å². The number of nitrogens with zero attached hydrogens (tertiary/aromatic N) is 2. The Morgan fingerprint density at radius 3 is 2.81 bits per heavy atom. The highest BCUT2D eigenvalue weighted by Crippen LogP contribution is 2.33. The van der Waals surface area contributed by atoms with Crippen LogP contribution in [0.3, 0.4) is 0 Å². The fourth-order valence-electron chi connectivity index (χ4n) is 3.75. The van der Waals surface area contributed by atoms with Crippen LogP contribution in [0.1, 0.15) is 24.6 Å². The molecule has 2 aromatic carbocycles. The number of amides is 1. The molecule has 6 nitrogen and oxygen atoms in total. The molecule has 0 aliphatic carbocycles. The quantitative estimate of drug-likeness (QED) is 0.557. The maximum atomic E-state index is 13.1. The number of thiazole rings is 1. The highest BCUT2D eigenvalue weighted by molar-refractivity contribution is 7.90. The molecule has 0 N–H and O–H groups in total. The molecule has 4 rings (SSSR count). The van der Waals surface area contributed by atoms with Gasteiger partial charge < -0.3 is 9.64 Å². The second-order valence-corrected chi connectivity index (χ2v) is 10.3. The van der Waals surface area contributed by atoms with Gasteiger partial charge in [-0.3, -0.25) is 4.79 Å². The van der Waals surface area contributed by atoms with E-state index in [4.69, 9.17) is 4.74 Å². The summed E-state index contributed by atoms with van der Waals surface area (Å²) in [6.07, 6.45) is 2.96. The lowest BCUT2D eigenvalue weighted by Crippen LogP contribution is -2.36. The molecule has 1 amide bonds. The van der Waals surface area contributed by atoms with Gasteiger partial charge in [0.1, 0.15) is 10.8 Å². The second kappa shape index (κ2) is 8.80. The van der Waals surface area contributed by atoms with Gasteiger partial charge in [0.15, 0.2) is 9.84 Å². The van der Waals surface area contributed by atoms with E-state index in [9.17, 15) is 13.2 Å². The highest BCUT2D eigenvalue weighted by Gasteiger charge is 2.25. The molecule has 1 aliphatic heterocycles. The number of anilines is 1. The van der Waals surface area contributed by atoms with E-state index < -0.39 is 9.84 Å². The predicted octanol–water partition coefficient (Wildman–Crippen LogP) is 4.13. The molecule has 8 heteroatoms. The summed E-state index contributed by atoms with van der Waals surface area (Å²) in [5.74, 6) is 0.742. The van der Waals surface area contributed by atoms with Gasteiger partial charge in [0, 0.05) is 23.9 Å². The first-order valence-corrected chi connectivity index (χ1v) is 12.9. The number of sulfone groups is 1. The van der Waals surface area contributed by atoms with Crippen molar-refractivity contribution in [1.82, 2.24) is 4.98 Å². The Kier molecular flexibility index (Phi) is 6.11. The van der Waals surface area contributed by atoms with E-state index >= 15 is 0 Å².